The van der Waals surface area contributed by atoms with Crippen LogP contribution in [0.25, 0.3) is 0 Å². The summed E-state index contributed by atoms with van der Waals surface area (Å²) < 4.78 is 96.1. The lowest BCUT2D eigenvalue weighted by molar-refractivity contribution is -0.391. The van der Waals surface area contributed by atoms with Gasteiger partial charge in [-0.1, -0.05) is 44.9 Å². The van der Waals surface area contributed by atoms with Gasteiger partial charge in [0, 0.05) is 13.5 Å². The number of Topliss-reactive ketones (excluding diaryl/α,β-unsaturated/α-hetero) is 1. The third-order valence-electron chi connectivity index (χ3n) is 20.1. The molecule has 1 spiro atoms. The van der Waals surface area contributed by atoms with Crippen LogP contribution in [0.1, 0.15) is 99.3 Å². The van der Waals surface area contributed by atoms with Gasteiger partial charge in [-0.05, 0) is 93.3 Å². The molecule has 26 nitrogen and oxygen atoms in total. The topological polar surface area (TPSA) is 392 Å². The molecule has 5 aliphatic heterocycles. The Labute approximate surface area is 470 Å². The first-order chi connectivity index (χ1) is 37.9. The molecule has 11 N–H and O–H groups in total. The Balaban J connectivity index is 0.893. The Morgan fingerprint density at radius 3 is 1.98 bits per heavy atom. The van der Waals surface area contributed by atoms with Crippen LogP contribution >= 0.6 is 0 Å². The zero-order valence-corrected chi connectivity index (χ0v) is 47.5. The van der Waals surface area contributed by atoms with Gasteiger partial charge in [0.2, 0.25) is 0 Å². The first kappa shape index (κ1) is 63.2. The maximum Gasteiger partial charge on any atom is 0.397 e. The van der Waals surface area contributed by atoms with E-state index in [0.29, 0.717) is 32.1 Å². The Bertz CT molecular complexity index is 2440. The minimum absolute atomic E-state index is 0.0178. The summed E-state index contributed by atoms with van der Waals surface area (Å²) in [6.07, 6.45) is -27.0. The summed E-state index contributed by atoms with van der Waals surface area (Å²) in [5, 5.41) is 111. The first-order valence-corrected chi connectivity index (χ1v) is 29.4. The van der Waals surface area contributed by atoms with Crippen molar-refractivity contribution in [1.29, 1.82) is 0 Å². The average Bonchev–Trinajstić information content (AvgIpc) is 3.99. The maximum absolute atomic E-state index is 14.4. The number of cyclic esters (lactones) is 1. The molecule has 27 heteroatoms. The van der Waals surface area contributed by atoms with Crippen molar-refractivity contribution in [2.24, 2.45) is 39.4 Å². The van der Waals surface area contributed by atoms with Crippen LogP contribution in [0.5, 0.6) is 0 Å². The van der Waals surface area contributed by atoms with Crippen LogP contribution in [0.15, 0.2) is 23.8 Å². The van der Waals surface area contributed by atoms with Gasteiger partial charge in [0.25, 0.3) is 0 Å². The number of fused-ring (bicyclic) bond motifs is 4. The minimum atomic E-state index is -5.17. The molecule has 0 amide bonds. The van der Waals surface area contributed by atoms with Crippen molar-refractivity contribution in [1.82, 2.24) is 0 Å². The number of ether oxygens (including phenoxy) is 10. The summed E-state index contributed by atoms with van der Waals surface area (Å²) in [5.74, 6) is -0.796. The van der Waals surface area contributed by atoms with E-state index in [4.69, 9.17) is 47.4 Å². The fourth-order valence-corrected chi connectivity index (χ4v) is 16.3. The van der Waals surface area contributed by atoms with E-state index in [1.807, 2.05) is 13.8 Å². The Hall–Kier alpha value is -2.27. The quantitative estimate of drug-likeness (QED) is 0.0325. The second kappa shape index (κ2) is 23.4. The standard InChI is InChI=1S/C54H84O26S/c1-23(2)10-9-15-53(7)44-26(57)18-52(6)25-11-12-31-50(3,4)32(14-16-51(31,5)24(25)13-17-54(44,52)49(66)80-53)76-48-43(33(59)27(58)21-71-48)79-45-37(63)36(62)40(29(20-56)74-45)77-47-39(65)42(35(61)30(75-47)22-72-81(67,68)69)78-46-38(64)41(70-8)34(60)28(19-55)73-46/h13,25,27-48,55-56,58-65H,1,9-12,14-22H2,2-8H3,(H,67,68,69). The highest BCUT2D eigenvalue weighted by Gasteiger charge is 2.79. The van der Waals surface area contributed by atoms with Crippen molar-refractivity contribution >= 4 is 22.2 Å². The van der Waals surface area contributed by atoms with Gasteiger partial charge in [-0.2, -0.15) is 8.42 Å². The van der Waals surface area contributed by atoms with Gasteiger partial charge in [0.1, 0.15) is 103 Å². The van der Waals surface area contributed by atoms with Crippen LogP contribution < -0.4 is 0 Å². The molecule has 4 aliphatic carbocycles. The number of methoxy groups -OCH3 is 1. The number of hydrogen-bond acceptors (Lipinski definition) is 25. The summed E-state index contributed by atoms with van der Waals surface area (Å²) in [4.78, 5) is 28.7. The molecule has 9 aliphatic rings. The number of allylic oxidation sites excluding steroid dienone is 3. The number of carbonyl (C=O) groups is 2. The predicted octanol–water partition coefficient (Wildman–Crippen LogP) is -1.41. The largest absolute Gasteiger partial charge is 0.458 e. The normalized spacial score (nSPS) is 49.7. The van der Waals surface area contributed by atoms with Gasteiger partial charge in [-0.15, -0.1) is 6.58 Å². The van der Waals surface area contributed by atoms with Crippen molar-refractivity contribution < 1.29 is 125 Å². The summed E-state index contributed by atoms with van der Waals surface area (Å²) in [7, 11) is -4.04. The molecule has 5 heterocycles. The summed E-state index contributed by atoms with van der Waals surface area (Å²) in [5.41, 5.74) is -1.23. The zero-order valence-electron chi connectivity index (χ0n) is 46.7. The van der Waals surface area contributed by atoms with Gasteiger partial charge in [0.05, 0.1) is 43.9 Å². The van der Waals surface area contributed by atoms with Crippen LogP contribution in [-0.2, 0) is 71.5 Å². The molecular formula is C54H84O26S. The third-order valence-corrected chi connectivity index (χ3v) is 20.5. The van der Waals surface area contributed by atoms with Crippen molar-refractivity contribution in [3.63, 3.8) is 0 Å². The van der Waals surface area contributed by atoms with Crippen LogP contribution in [0.4, 0.5) is 0 Å². The maximum atomic E-state index is 14.4. The summed E-state index contributed by atoms with van der Waals surface area (Å²) in [6.45, 7) is 13.2. The molecule has 8 fully saturated rings. The van der Waals surface area contributed by atoms with Gasteiger partial charge in [-0.25, -0.2) is 4.18 Å². The van der Waals surface area contributed by atoms with E-state index in [-0.39, 0.29) is 42.0 Å². The number of aliphatic hydroxyl groups is 10. The zero-order chi connectivity index (χ0) is 59.3. The fraction of sp³-hybridized carbons (Fsp3) is 0.889. The summed E-state index contributed by atoms with van der Waals surface area (Å²) in [6, 6.07) is 0. The van der Waals surface area contributed by atoms with Crippen LogP contribution in [-0.4, -0.2) is 238 Å². The molecule has 81 heavy (non-hydrogen) atoms. The highest BCUT2D eigenvalue weighted by molar-refractivity contribution is 7.80. The molecule has 462 valence electrons. The number of aliphatic hydroxyl groups excluding tert-OH is 10. The Kier molecular flexibility index (Phi) is 18.3. The van der Waals surface area contributed by atoms with Crippen molar-refractivity contribution in [3.05, 3.63) is 23.8 Å². The molecular weight excluding hydrogens is 1100 g/mol. The Morgan fingerprint density at radius 2 is 1.33 bits per heavy atom. The minimum Gasteiger partial charge on any atom is -0.458 e. The first-order valence-electron chi connectivity index (χ1n) is 28.0. The number of rotatable bonds is 18. The van der Waals surface area contributed by atoms with E-state index in [1.165, 1.54) is 5.57 Å². The lowest BCUT2D eigenvalue weighted by Crippen LogP contribution is -2.67. The smallest absolute Gasteiger partial charge is 0.397 e. The number of esters is 1. The average molecular weight is 1180 g/mol. The predicted molar refractivity (Wildman–Crippen MR) is 273 cm³/mol. The molecule has 0 aromatic rings. The van der Waals surface area contributed by atoms with Crippen molar-refractivity contribution in [3.8, 4) is 0 Å². The van der Waals surface area contributed by atoms with Gasteiger partial charge in [-0.3, -0.25) is 14.1 Å². The van der Waals surface area contributed by atoms with Crippen LogP contribution in [0.3, 0.4) is 0 Å². The van der Waals surface area contributed by atoms with Crippen LogP contribution in [0, 0.1) is 39.4 Å². The number of carbonyl (C=O) groups excluding carboxylic acids is 2. The molecule has 9 rings (SSSR count). The van der Waals surface area contributed by atoms with E-state index < -0.39 is 181 Å². The fourth-order valence-electron chi connectivity index (χ4n) is 16.0. The lowest BCUT2D eigenvalue weighted by Gasteiger charge is -2.63. The molecule has 0 aromatic heterocycles. The second-order valence-electron chi connectivity index (χ2n) is 25.3. The highest BCUT2D eigenvalue weighted by atomic mass is 32.3. The molecule has 0 bridgehead atoms. The van der Waals surface area contributed by atoms with Crippen LogP contribution in [0.2, 0.25) is 0 Å². The molecule has 5 saturated heterocycles. The molecule has 0 aromatic carbocycles. The molecule has 3 saturated carbocycles. The van der Waals surface area contributed by atoms with E-state index >= 15 is 0 Å². The van der Waals surface area contributed by atoms with Gasteiger partial charge in [0.15, 0.2) is 25.2 Å². The molecule has 27 unspecified atom stereocenters. The second-order valence-corrected chi connectivity index (χ2v) is 26.4. The third kappa shape index (κ3) is 11.0. The van der Waals surface area contributed by atoms with Crippen molar-refractivity contribution in [2.45, 2.75) is 228 Å². The van der Waals surface area contributed by atoms with E-state index in [1.54, 1.807) is 0 Å². The van der Waals surface area contributed by atoms with Gasteiger partial charge >= 0.3 is 16.4 Å². The van der Waals surface area contributed by atoms with Gasteiger partial charge < -0.3 is 98.4 Å². The van der Waals surface area contributed by atoms with E-state index in [9.17, 15) is 73.6 Å². The van der Waals surface area contributed by atoms with E-state index in [0.717, 1.165) is 31.9 Å². The Morgan fingerprint density at radius 1 is 0.728 bits per heavy atom. The van der Waals surface area contributed by atoms with E-state index in [2.05, 4.69) is 44.5 Å². The monoisotopic (exact) mass is 1180 g/mol. The highest BCUT2D eigenvalue weighted by Crippen LogP contribution is 2.75. The lowest BCUT2D eigenvalue weighted by atomic mass is 9.41. The summed E-state index contributed by atoms with van der Waals surface area (Å²) >= 11 is 0. The number of hydrogen-bond donors (Lipinski definition) is 11. The number of ketones is 1. The van der Waals surface area contributed by atoms with Crippen molar-refractivity contribution in [2.75, 3.05) is 33.5 Å². The SMILES string of the molecule is C=C(C)CCCC1(C)OC(=O)C23CC=C4C(CCC5C4(C)CCC(OC4OCC(O)C(O)C4OC4OC(CO)C(OC6OC(COS(=O)(=O)O)C(O)C(OC7OC(CO)C(O)C(OC)C7O)C6O)C(O)C4O)C5(C)C)C2(C)CC(=O)C13. The molecule has 27 atom stereocenters. The molecule has 0 radical (unpaired) electrons.